The monoisotopic (exact) mass is 854 g/mol. The minimum Gasteiger partial charge on any atom is -0.396 e. The maximum absolute atomic E-state index is 11.7. The Kier molecular flexibility index (Phi) is 14.8. The van der Waals surface area contributed by atoms with E-state index in [1.165, 1.54) is 32.8 Å². The molecule has 0 amide bonds. The number of nitrogen functional groups attached to an aromatic ring is 2. The van der Waals surface area contributed by atoms with Crippen LogP contribution in [0.2, 0.25) is 0 Å². The van der Waals surface area contributed by atoms with Crippen LogP contribution in [-0.2, 0) is 9.47 Å². The third-order valence-electron chi connectivity index (χ3n) is 9.57. The number of anilines is 3. The Morgan fingerprint density at radius 3 is 2.41 bits per heavy atom. The quantitative estimate of drug-likeness (QED) is 0.0543. The first-order chi connectivity index (χ1) is 28.5. The van der Waals surface area contributed by atoms with Gasteiger partial charge in [0.25, 0.3) is 5.56 Å². The second kappa shape index (κ2) is 20.2. The number of fused-ring (bicyclic) bond motifs is 1. The number of aromatic amines is 1. The van der Waals surface area contributed by atoms with Crippen LogP contribution >= 0.6 is 23.5 Å². The molecule has 3 aliphatic heterocycles. The molecule has 0 aromatic carbocycles. The number of aryl methyl sites for hydroxylation is 1. The van der Waals surface area contributed by atoms with E-state index in [9.17, 15) is 19.5 Å². The highest BCUT2D eigenvalue weighted by atomic mass is 32.2. The number of allylic oxidation sites excluding steroid dienone is 1. The first-order valence-electron chi connectivity index (χ1n) is 18.7. The number of ether oxygens (including phenoxy) is 2. The number of aliphatic hydroxyl groups is 3. The van der Waals surface area contributed by atoms with Crippen LogP contribution in [0, 0.1) is 12.8 Å². The van der Waals surface area contributed by atoms with E-state index >= 15 is 0 Å². The van der Waals surface area contributed by atoms with Gasteiger partial charge in [-0.25, -0.2) is 14.6 Å². The number of nitrogens with two attached hydrogens (primary N) is 2. The number of hydrogen-bond donors (Lipinski definition) is 7. The molecule has 0 spiro atoms. The number of nitrogens with zero attached hydrogens (tertiary/aromatic N) is 10. The summed E-state index contributed by atoms with van der Waals surface area (Å²) in [5.41, 5.74) is 19.8. The summed E-state index contributed by atoms with van der Waals surface area (Å²) in [5, 5.41) is 36.3. The Balaban J connectivity index is 0.000000143. The van der Waals surface area contributed by atoms with Crippen molar-refractivity contribution >= 4 is 52.3 Å². The van der Waals surface area contributed by atoms with Crippen molar-refractivity contribution < 1.29 is 24.8 Å². The van der Waals surface area contributed by atoms with E-state index in [0.717, 1.165) is 36.2 Å². The fourth-order valence-corrected chi connectivity index (χ4v) is 7.38. The second-order valence-corrected chi connectivity index (χ2v) is 16.0. The van der Waals surface area contributed by atoms with Gasteiger partial charge >= 0.3 is 11.4 Å². The number of imidazole rings is 1. The van der Waals surface area contributed by atoms with Crippen LogP contribution in [-0.4, -0.2) is 109 Å². The Hall–Kier alpha value is -5.20. The topological polar surface area (TPSA) is 325 Å². The van der Waals surface area contributed by atoms with E-state index in [2.05, 4.69) is 57.8 Å². The first-order valence-corrected chi connectivity index (χ1v) is 20.8. The van der Waals surface area contributed by atoms with Gasteiger partial charge in [-0.15, -0.1) is 23.5 Å². The maximum Gasteiger partial charge on any atom is 0.351 e. The van der Waals surface area contributed by atoms with Crippen molar-refractivity contribution in [3.05, 3.63) is 95.8 Å². The summed E-state index contributed by atoms with van der Waals surface area (Å²) in [6, 6.07) is 1.65. The molecule has 0 unspecified atom stereocenters. The molecule has 5 aliphatic rings. The molecule has 0 bridgehead atoms. The molecule has 316 valence electrons. The number of hydrogen-bond acceptors (Lipinski definition) is 18. The van der Waals surface area contributed by atoms with Gasteiger partial charge in [0.15, 0.2) is 17.0 Å². The Labute approximate surface area is 344 Å². The molecular formula is C35H46N14O8S2. The summed E-state index contributed by atoms with van der Waals surface area (Å²) in [4.78, 5) is 56.0. The van der Waals surface area contributed by atoms with Gasteiger partial charge in [0.05, 0.1) is 37.7 Å². The third kappa shape index (κ3) is 11.1. The highest BCUT2D eigenvalue weighted by molar-refractivity contribution is 8.03. The molecule has 3 fully saturated rings. The average molecular weight is 855 g/mol. The van der Waals surface area contributed by atoms with E-state index in [4.69, 9.17) is 36.7 Å². The van der Waals surface area contributed by atoms with E-state index in [1.807, 2.05) is 22.4 Å². The summed E-state index contributed by atoms with van der Waals surface area (Å²) < 4.78 is 15.5. The predicted molar refractivity (Wildman–Crippen MR) is 222 cm³/mol. The lowest BCUT2D eigenvalue weighted by molar-refractivity contribution is -0.0271. The van der Waals surface area contributed by atoms with Crippen molar-refractivity contribution in [2.45, 2.75) is 74.7 Å². The van der Waals surface area contributed by atoms with Gasteiger partial charge in [-0.1, -0.05) is 23.3 Å². The molecule has 7 heterocycles. The maximum atomic E-state index is 11.7. The molecule has 4 aromatic heterocycles. The van der Waals surface area contributed by atoms with Crippen molar-refractivity contribution in [1.82, 2.24) is 38.6 Å². The first kappa shape index (κ1) is 43.4. The summed E-state index contributed by atoms with van der Waals surface area (Å²) >= 11 is 3.32. The fourth-order valence-electron chi connectivity index (χ4n) is 6.26. The molecule has 2 aliphatic carbocycles. The van der Waals surface area contributed by atoms with Gasteiger partial charge in [0, 0.05) is 59.4 Å². The average Bonchev–Trinajstić information content (AvgIpc) is 3.59. The molecule has 22 nitrogen and oxygen atoms in total. The molecule has 24 heteroatoms. The highest BCUT2D eigenvalue weighted by Crippen LogP contribution is 2.34. The van der Waals surface area contributed by atoms with Crippen molar-refractivity contribution in [3.63, 3.8) is 0 Å². The van der Waals surface area contributed by atoms with Crippen molar-refractivity contribution in [1.29, 1.82) is 0 Å². The third-order valence-corrected chi connectivity index (χ3v) is 11.4. The number of aliphatic hydroxyl groups excluding tert-OH is 3. The number of aromatic nitrogens is 8. The van der Waals surface area contributed by atoms with Gasteiger partial charge in [-0.2, -0.15) is 15.0 Å². The van der Waals surface area contributed by atoms with Crippen molar-refractivity contribution in [3.8, 4) is 0 Å². The second-order valence-electron chi connectivity index (χ2n) is 13.9. The van der Waals surface area contributed by atoms with Gasteiger partial charge in [-0.3, -0.25) is 18.9 Å². The summed E-state index contributed by atoms with van der Waals surface area (Å²) in [6.45, 7) is 1.37. The van der Waals surface area contributed by atoms with Gasteiger partial charge in [0.2, 0.25) is 5.95 Å². The molecule has 7 atom stereocenters. The Bertz CT molecular complexity index is 2350. The number of rotatable bonds is 9. The molecule has 4 aromatic rings. The lowest BCUT2D eigenvalue weighted by atomic mass is 10.1. The van der Waals surface area contributed by atoms with Crippen molar-refractivity contribution in [2.75, 3.05) is 48.1 Å². The van der Waals surface area contributed by atoms with Crippen LogP contribution in [0.4, 0.5) is 17.6 Å². The Morgan fingerprint density at radius 1 is 1.03 bits per heavy atom. The lowest BCUT2D eigenvalue weighted by Crippen LogP contribution is -2.33. The molecule has 59 heavy (non-hydrogen) atoms. The van der Waals surface area contributed by atoms with Crippen molar-refractivity contribution in [2.24, 2.45) is 11.0 Å². The highest BCUT2D eigenvalue weighted by Gasteiger charge is 2.36. The van der Waals surface area contributed by atoms with Crippen LogP contribution in [0.5, 0.6) is 0 Å². The number of azide groups is 1. The van der Waals surface area contributed by atoms with E-state index in [0.29, 0.717) is 17.4 Å². The summed E-state index contributed by atoms with van der Waals surface area (Å²) in [5.74, 6) is 3.24. The lowest BCUT2D eigenvalue weighted by Gasteiger charge is -2.14. The smallest absolute Gasteiger partial charge is 0.351 e. The number of nitrogens with one attached hydrogen (secondary N) is 2. The van der Waals surface area contributed by atoms with E-state index in [-0.39, 0.29) is 61.6 Å². The molecule has 1 saturated carbocycles. The van der Waals surface area contributed by atoms with E-state index in [1.54, 1.807) is 25.5 Å². The normalized spacial score (nSPS) is 25.1. The predicted octanol–water partition coefficient (Wildman–Crippen LogP) is 1.55. The number of thioether (sulfide) groups is 2. The molecular weight excluding hydrogens is 809 g/mol. The summed E-state index contributed by atoms with van der Waals surface area (Å²) in [6.07, 6.45) is 12.8. The van der Waals surface area contributed by atoms with Crippen LogP contribution in [0.25, 0.3) is 21.6 Å². The van der Waals surface area contributed by atoms with Gasteiger partial charge in [-0.05, 0) is 43.2 Å². The zero-order chi connectivity index (χ0) is 42.1. The zero-order valence-electron chi connectivity index (χ0n) is 31.9. The van der Waals surface area contributed by atoms with Crippen LogP contribution in [0.3, 0.4) is 0 Å². The van der Waals surface area contributed by atoms with Crippen LogP contribution in [0.15, 0.2) is 67.9 Å². The molecule has 0 radical (unpaired) electrons. The SMILES string of the molecule is C1=CSC1.Cc1cn([C@H]2C[C@H](N=[N+]=[N-])[C@@H](CO)O2)c(=O)[nH]c1=O.Nc1ccn([C@H]2CS[C@@H](CO)O2)c(=O)n1.Nc1nc(NC2CC2)c2ncn([C@H]3C=C[C@@H](CO)C3)c2n1. The summed E-state index contributed by atoms with van der Waals surface area (Å²) in [7, 11) is 0. The molecule has 9 N–H and O–H groups in total. The van der Waals surface area contributed by atoms with Gasteiger partial charge in [0.1, 0.15) is 23.7 Å². The minimum absolute atomic E-state index is 0.0572. The standard InChI is InChI=1S/C14H18N6O.C10H13N5O4.C8H11N3O3S.C3H4S/c15-14-18-12(17-9-2-3-9)11-13(19-14)20(7-16-11)10-4-1-8(5-10)6-21;1-5-3-15(10(18)12-9(5)17)8-2-6(13-14-11)7(4-16)19-8;9-5-1-2-11(8(13)10-5)6-4-15-7(3-12)14-6;1-2-4-3-1/h1,4,7-10,21H,2-3,5-6H2,(H3,15,17,18,19);3,6-8,16H,2,4H2,1H3,(H,12,17,18);1-2,6-7,12H,3-4H2,(H2,9,10,13);1-2H,3H2/t8-,10+;6-,7+,8+;6-,7+;/m101./s1. The molecule has 9 rings (SSSR count). The van der Waals surface area contributed by atoms with Crippen LogP contribution in [0.1, 0.15) is 49.7 Å². The zero-order valence-corrected chi connectivity index (χ0v) is 33.6. The van der Waals surface area contributed by atoms with Crippen LogP contribution < -0.4 is 33.7 Å². The van der Waals surface area contributed by atoms with E-state index < -0.39 is 35.3 Å². The fraction of sp³-hybridized carbons (Fsp3) is 0.514. The molecule has 2 saturated heterocycles. The number of H-pyrrole nitrogens is 1. The van der Waals surface area contributed by atoms with Gasteiger partial charge < -0.3 is 46.1 Å². The largest absolute Gasteiger partial charge is 0.396 e. The Morgan fingerprint density at radius 2 is 1.80 bits per heavy atom. The minimum atomic E-state index is -0.671.